The van der Waals surface area contributed by atoms with Crippen LogP contribution in [0.4, 0.5) is 0 Å². The quantitative estimate of drug-likeness (QED) is 0.871. The molecule has 0 aromatic carbocycles. The monoisotopic (exact) mass is 289 g/mol. The van der Waals surface area contributed by atoms with Crippen LogP contribution >= 0.6 is 11.3 Å². The molecular weight excluding hydrogens is 270 g/mol. The number of carbonyl (C=O) groups excluding carboxylic acids is 1. The largest absolute Gasteiger partial charge is 0.340 e. The summed E-state index contributed by atoms with van der Waals surface area (Å²) in [6.45, 7) is 3.71. The van der Waals surface area contributed by atoms with Crippen molar-refractivity contribution in [2.75, 3.05) is 13.1 Å². The number of hydrogen-bond donors (Lipinski definition) is 0. The SMILES string of the molecule is Cc1cnn(C2CCCN(C(=O)Cc3cccs3)C2)c1. The molecule has 0 aliphatic carbocycles. The Balaban J connectivity index is 1.64. The van der Waals surface area contributed by atoms with Crippen molar-refractivity contribution in [2.45, 2.75) is 32.2 Å². The normalized spacial score (nSPS) is 19.2. The van der Waals surface area contributed by atoms with Gasteiger partial charge in [0.15, 0.2) is 0 Å². The Morgan fingerprint density at radius 3 is 3.15 bits per heavy atom. The Morgan fingerprint density at radius 1 is 1.55 bits per heavy atom. The number of carbonyl (C=O) groups is 1. The van der Waals surface area contributed by atoms with Gasteiger partial charge in [-0.15, -0.1) is 11.3 Å². The lowest BCUT2D eigenvalue weighted by atomic mass is 10.1. The summed E-state index contributed by atoms with van der Waals surface area (Å²) < 4.78 is 2.01. The van der Waals surface area contributed by atoms with Crippen LogP contribution in [-0.2, 0) is 11.2 Å². The third kappa shape index (κ3) is 2.93. The zero-order chi connectivity index (χ0) is 13.9. The smallest absolute Gasteiger partial charge is 0.227 e. The lowest BCUT2D eigenvalue weighted by molar-refractivity contribution is -0.132. The summed E-state index contributed by atoms with van der Waals surface area (Å²) in [4.78, 5) is 15.5. The van der Waals surface area contributed by atoms with Gasteiger partial charge in [0, 0.05) is 24.2 Å². The topological polar surface area (TPSA) is 38.1 Å². The van der Waals surface area contributed by atoms with Gasteiger partial charge < -0.3 is 4.90 Å². The molecule has 0 bridgehead atoms. The van der Waals surface area contributed by atoms with Gasteiger partial charge in [0.25, 0.3) is 0 Å². The van der Waals surface area contributed by atoms with Gasteiger partial charge in [-0.2, -0.15) is 5.10 Å². The number of piperidine rings is 1. The molecule has 1 aliphatic rings. The molecule has 1 aliphatic heterocycles. The van der Waals surface area contributed by atoms with Gasteiger partial charge in [0.2, 0.25) is 5.91 Å². The van der Waals surface area contributed by atoms with Gasteiger partial charge in [-0.1, -0.05) is 6.07 Å². The number of amides is 1. The van der Waals surface area contributed by atoms with Gasteiger partial charge in [-0.05, 0) is 36.8 Å². The highest BCUT2D eigenvalue weighted by Gasteiger charge is 2.25. The second-order valence-electron chi connectivity index (χ2n) is 5.39. The van der Waals surface area contributed by atoms with Crippen LogP contribution in [0.1, 0.15) is 29.3 Å². The first kappa shape index (κ1) is 13.4. The highest BCUT2D eigenvalue weighted by atomic mass is 32.1. The molecule has 0 radical (unpaired) electrons. The average Bonchev–Trinajstić information content (AvgIpc) is 3.10. The van der Waals surface area contributed by atoms with Crippen LogP contribution in [0.2, 0.25) is 0 Å². The summed E-state index contributed by atoms with van der Waals surface area (Å²) in [5.74, 6) is 0.237. The summed E-state index contributed by atoms with van der Waals surface area (Å²) >= 11 is 1.65. The lowest BCUT2D eigenvalue weighted by Crippen LogP contribution is -2.41. The summed E-state index contributed by atoms with van der Waals surface area (Å²) in [7, 11) is 0. The predicted molar refractivity (Wildman–Crippen MR) is 79.8 cm³/mol. The third-order valence-corrected chi connectivity index (χ3v) is 4.64. The number of aromatic nitrogens is 2. The van der Waals surface area contributed by atoms with Crippen molar-refractivity contribution >= 4 is 17.2 Å². The highest BCUT2D eigenvalue weighted by Crippen LogP contribution is 2.22. The van der Waals surface area contributed by atoms with Crippen molar-refractivity contribution in [2.24, 2.45) is 0 Å². The van der Waals surface area contributed by atoms with Crippen LogP contribution in [0.15, 0.2) is 29.9 Å². The molecule has 0 spiro atoms. The van der Waals surface area contributed by atoms with E-state index in [0.29, 0.717) is 12.5 Å². The summed E-state index contributed by atoms with van der Waals surface area (Å²) in [5.41, 5.74) is 1.17. The average molecular weight is 289 g/mol. The van der Waals surface area contributed by atoms with E-state index in [4.69, 9.17) is 0 Å². The Morgan fingerprint density at radius 2 is 2.45 bits per heavy atom. The van der Waals surface area contributed by atoms with Crippen molar-refractivity contribution < 1.29 is 4.79 Å². The maximum absolute atomic E-state index is 12.4. The Bertz CT molecular complexity index is 576. The van der Waals surface area contributed by atoms with Crippen LogP contribution in [0.5, 0.6) is 0 Å². The van der Waals surface area contributed by atoms with E-state index in [1.807, 2.05) is 40.2 Å². The van der Waals surface area contributed by atoms with E-state index in [1.54, 1.807) is 11.3 Å². The number of thiophene rings is 1. The van der Waals surface area contributed by atoms with Gasteiger partial charge in [-0.25, -0.2) is 0 Å². The fourth-order valence-electron chi connectivity index (χ4n) is 2.70. The van der Waals surface area contributed by atoms with Crippen molar-refractivity contribution in [3.63, 3.8) is 0 Å². The van der Waals surface area contributed by atoms with Gasteiger partial charge in [-0.3, -0.25) is 9.48 Å². The van der Waals surface area contributed by atoms with Crippen LogP contribution in [0.25, 0.3) is 0 Å². The second-order valence-corrected chi connectivity index (χ2v) is 6.42. The molecule has 0 N–H and O–H groups in total. The van der Waals surface area contributed by atoms with Crippen LogP contribution in [-0.4, -0.2) is 33.7 Å². The van der Waals surface area contributed by atoms with Crippen LogP contribution < -0.4 is 0 Å². The first-order valence-electron chi connectivity index (χ1n) is 7.03. The van der Waals surface area contributed by atoms with Crippen molar-refractivity contribution in [3.05, 3.63) is 40.3 Å². The predicted octanol–water partition coefficient (Wildman–Crippen LogP) is 2.66. The van der Waals surface area contributed by atoms with Crippen molar-refractivity contribution in [3.8, 4) is 0 Å². The second kappa shape index (κ2) is 5.79. The van der Waals surface area contributed by atoms with E-state index in [9.17, 15) is 4.79 Å². The molecule has 3 heterocycles. The van der Waals surface area contributed by atoms with Gasteiger partial charge in [0.1, 0.15) is 0 Å². The lowest BCUT2D eigenvalue weighted by Gasteiger charge is -2.32. The minimum atomic E-state index is 0.237. The molecule has 4 nitrogen and oxygen atoms in total. The van der Waals surface area contributed by atoms with E-state index >= 15 is 0 Å². The maximum atomic E-state index is 12.4. The zero-order valence-corrected chi connectivity index (χ0v) is 12.5. The molecule has 1 atom stereocenters. The molecule has 106 valence electrons. The molecule has 20 heavy (non-hydrogen) atoms. The fraction of sp³-hybridized carbons (Fsp3) is 0.467. The van der Waals surface area contributed by atoms with E-state index < -0.39 is 0 Å². The minimum absolute atomic E-state index is 0.237. The molecule has 1 saturated heterocycles. The van der Waals surface area contributed by atoms with E-state index in [2.05, 4.69) is 11.3 Å². The molecule has 2 aromatic heterocycles. The molecule has 3 rings (SSSR count). The van der Waals surface area contributed by atoms with Gasteiger partial charge >= 0.3 is 0 Å². The Kier molecular flexibility index (Phi) is 3.87. The summed E-state index contributed by atoms with van der Waals surface area (Å²) in [5, 5.41) is 6.41. The zero-order valence-electron chi connectivity index (χ0n) is 11.7. The van der Waals surface area contributed by atoms with Crippen LogP contribution in [0.3, 0.4) is 0 Å². The fourth-order valence-corrected chi connectivity index (χ4v) is 3.40. The molecule has 1 fully saturated rings. The standard InChI is InChI=1S/C15H19N3OS/c1-12-9-16-18(10-12)13-4-2-6-17(11-13)15(19)8-14-5-3-7-20-14/h3,5,7,9-10,13H,2,4,6,8,11H2,1H3. The summed E-state index contributed by atoms with van der Waals surface area (Å²) in [6, 6.07) is 4.35. The van der Waals surface area contributed by atoms with Crippen molar-refractivity contribution in [1.29, 1.82) is 0 Å². The molecule has 1 amide bonds. The first-order chi connectivity index (χ1) is 9.72. The maximum Gasteiger partial charge on any atom is 0.227 e. The van der Waals surface area contributed by atoms with E-state index in [-0.39, 0.29) is 5.91 Å². The Labute approximate surface area is 123 Å². The van der Waals surface area contributed by atoms with E-state index in [0.717, 1.165) is 30.8 Å². The van der Waals surface area contributed by atoms with Crippen LogP contribution in [0, 0.1) is 6.92 Å². The number of nitrogens with zero attached hydrogens (tertiary/aromatic N) is 3. The Hall–Kier alpha value is -1.62. The van der Waals surface area contributed by atoms with Crippen molar-refractivity contribution in [1.82, 2.24) is 14.7 Å². The number of hydrogen-bond acceptors (Lipinski definition) is 3. The number of rotatable bonds is 3. The summed E-state index contributed by atoms with van der Waals surface area (Å²) in [6.07, 6.45) is 6.64. The third-order valence-electron chi connectivity index (χ3n) is 3.76. The van der Waals surface area contributed by atoms with E-state index in [1.165, 1.54) is 5.56 Å². The highest BCUT2D eigenvalue weighted by molar-refractivity contribution is 7.10. The molecular formula is C15H19N3OS. The molecule has 1 unspecified atom stereocenters. The van der Waals surface area contributed by atoms with Gasteiger partial charge in [0.05, 0.1) is 18.7 Å². The molecule has 2 aromatic rings. The molecule has 5 heteroatoms. The number of likely N-dealkylation sites (tertiary alicyclic amines) is 1. The number of aryl methyl sites for hydroxylation is 1. The first-order valence-corrected chi connectivity index (χ1v) is 7.91. The molecule has 0 saturated carbocycles. The minimum Gasteiger partial charge on any atom is -0.340 e.